The smallest absolute Gasteiger partial charge is 0.227 e. The molecule has 0 aliphatic carbocycles. The Hall–Kier alpha value is -13.4. The monoisotopic (exact) mass is 1830 g/mol. The molecule has 0 saturated carbocycles. The van der Waals surface area contributed by atoms with E-state index in [0.29, 0.717) is 52.1 Å². The van der Waals surface area contributed by atoms with E-state index in [0.717, 1.165) is 208 Å². The molecule has 20 aromatic rings. The Balaban J connectivity index is 0.000000130. The summed E-state index contributed by atoms with van der Waals surface area (Å²) in [5, 5.41) is 10.6. The minimum Gasteiger partial charge on any atom is -0.437 e. The van der Waals surface area contributed by atoms with Gasteiger partial charge in [0, 0.05) is 151 Å². The first kappa shape index (κ1) is 86.4. The van der Waals surface area contributed by atoms with Crippen molar-refractivity contribution >= 4 is 110 Å². The predicted octanol–water partition coefficient (Wildman–Crippen LogP) is 30.0. The van der Waals surface area contributed by atoms with Crippen LogP contribution in [0.15, 0.2) is 205 Å². The summed E-state index contributed by atoms with van der Waals surface area (Å²) >= 11 is 0. The van der Waals surface area contributed by atoms with E-state index in [9.17, 15) is 0 Å². The van der Waals surface area contributed by atoms with Crippen LogP contribution in [0.4, 0.5) is 0 Å². The molecule has 20 rings (SSSR count). The van der Waals surface area contributed by atoms with E-state index < -0.39 is 25.5 Å². The molecule has 0 N–H and O–H groups in total. The van der Waals surface area contributed by atoms with Gasteiger partial charge in [-0.25, -0.2) is 47.8 Å². The summed E-state index contributed by atoms with van der Waals surface area (Å²) in [5.74, 6) is -1.23. The number of nitrogens with zero attached hydrogens (tertiary/aromatic N) is 10. The van der Waals surface area contributed by atoms with Gasteiger partial charge in [-0.2, -0.15) is 0 Å². The van der Waals surface area contributed by atoms with Crippen LogP contribution in [-0.2, 0) is 54.5 Å². The zero-order chi connectivity index (χ0) is 105. The first-order valence-electron chi connectivity index (χ1n) is 52.5. The van der Waals surface area contributed by atoms with Gasteiger partial charge in [-0.1, -0.05) is 178 Å². The Kier molecular flexibility index (Phi) is 24.6. The number of benzene rings is 5. The quantitative estimate of drug-likeness (QED) is 0.0908. The fraction of sp³-hybridized carbons (Fsp3) is 0.344. The Morgan fingerprint density at radius 3 is 0.723 bits per heavy atom. The van der Waals surface area contributed by atoms with Crippen molar-refractivity contribution in [3.8, 4) is 56.3 Å². The van der Waals surface area contributed by atoms with Gasteiger partial charge in [-0.15, -0.1) is 0 Å². The van der Waals surface area contributed by atoms with Gasteiger partial charge in [0.15, 0.2) is 58.9 Å². The lowest BCUT2D eigenvalue weighted by Gasteiger charge is -2.12. The van der Waals surface area contributed by atoms with Crippen LogP contribution in [-0.4, -0.2) is 24.9 Å². The summed E-state index contributed by atoms with van der Waals surface area (Å²) in [6, 6.07) is 53.0. The van der Waals surface area contributed by atoms with Crippen LogP contribution in [0.25, 0.3) is 167 Å². The Morgan fingerprint density at radius 2 is 0.474 bits per heavy atom. The third-order valence-corrected chi connectivity index (χ3v) is 27.5. The first-order valence-corrected chi connectivity index (χ1v) is 48.5. The SMILES string of the molecule is CCc1ccc2c(n1)oc1c(-c3cc(C(C)C)c(C)c[n+]3C)c(C)ccc12.CCc1ccc2c(n1)oc1c(-c3cc(C)c(C(C)C)c[n+]3C)c(C)ccc12.Cc1cc(-c2c(C)ccc3c2oc2nc(C(C)C)ccc23)[n+](C)cc1C(C)C.[2H]C([2H])([2H])C([2H])(C)c1c[n+](C)c(-c2c(C)ccc3c2oc2nc(C(C)C)ccc23)cc1C.[2H]C([2H])([2H])C([2H])(C)c1c[n+](C)c(-c2c(C)ccc3c2oc2nc(CC)ccc23)cc1C. The molecule has 2 unspecified atom stereocenters. The highest BCUT2D eigenvalue weighted by molar-refractivity contribution is 6.13. The molecule has 15 nitrogen and oxygen atoms in total. The summed E-state index contributed by atoms with van der Waals surface area (Å²) in [6.07, 6.45) is 12.9. The fourth-order valence-corrected chi connectivity index (χ4v) is 19.8. The third-order valence-electron chi connectivity index (χ3n) is 27.5. The van der Waals surface area contributed by atoms with Crippen molar-refractivity contribution in [2.75, 3.05) is 0 Å². The van der Waals surface area contributed by atoms with Crippen molar-refractivity contribution in [3.63, 3.8) is 0 Å². The van der Waals surface area contributed by atoms with E-state index in [1.807, 2.05) is 75.2 Å². The molecule has 0 saturated heterocycles. The van der Waals surface area contributed by atoms with Crippen molar-refractivity contribution in [3.05, 3.63) is 295 Å². The molecule has 15 heterocycles. The van der Waals surface area contributed by atoms with E-state index in [-0.39, 0.29) is 0 Å². The lowest BCUT2D eigenvalue weighted by Crippen LogP contribution is -2.32. The van der Waals surface area contributed by atoms with E-state index in [2.05, 4.69) is 317 Å². The molecular formula is C122H139N10O5+5. The Labute approximate surface area is 820 Å². The van der Waals surface area contributed by atoms with Gasteiger partial charge >= 0.3 is 0 Å². The van der Waals surface area contributed by atoms with Crippen molar-refractivity contribution in [2.24, 2.45) is 35.2 Å². The molecule has 2 atom stereocenters. The molecule has 0 bridgehead atoms. The Bertz CT molecular complexity index is 8490. The van der Waals surface area contributed by atoms with E-state index in [4.69, 9.17) is 53.0 Å². The molecule has 0 amide bonds. The third kappa shape index (κ3) is 18.5. The number of hydrogen-bond donors (Lipinski definition) is 0. The molecule has 15 aromatic heterocycles. The minimum atomic E-state index is -2.43. The molecule has 137 heavy (non-hydrogen) atoms. The second-order valence-corrected chi connectivity index (χ2v) is 39.4. The summed E-state index contributed by atoms with van der Waals surface area (Å²) in [4.78, 5) is 23.6. The average Bonchev–Trinajstić information content (AvgIpc) is 1.50. The van der Waals surface area contributed by atoms with Gasteiger partial charge in [0.25, 0.3) is 0 Å². The summed E-state index contributed by atoms with van der Waals surface area (Å²) in [5.41, 5.74) is 39.9. The second kappa shape index (κ2) is 39.0. The molecule has 15 heteroatoms. The zero-order valence-corrected chi connectivity index (χ0v) is 85.8. The van der Waals surface area contributed by atoms with Gasteiger partial charge in [-0.3, -0.25) is 0 Å². The van der Waals surface area contributed by atoms with Crippen molar-refractivity contribution in [1.82, 2.24) is 24.9 Å². The Morgan fingerprint density at radius 1 is 0.248 bits per heavy atom. The second-order valence-electron chi connectivity index (χ2n) is 39.4. The average molecular weight is 1830 g/mol. The topological polar surface area (TPSA) is 150 Å². The number of aryl methyl sites for hydroxylation is 18. The highest BCUT2D eigenvalue weighted by Gasteiger charge is 2.31. The van der Waals surface area contributed by atoms with E-state index >= 15 is 0 Å². The zero-order valence-electron chi connectivity index (χ0n) is 93.8. The van der Waals surface area contributed by atoms with Crippen LogP contribution in [0.1, 0.15) is 282 Å². The maximum Gasteiger partial charge on any atom is 0.227 e. The maximum absolute atomic E-state index is 8.53. The van der Waals surface area contributed by atoms with Crippen LogP contribution in [0.2, 0.25) is 0 Å². The highest BCUT2D eigenvalue weighted by atomic mass is 16.4. The summed E-state index contributed by atoms with van der Waals surface area (Å²) in [7, 11) is 10.1. The van der Waals surface area contributed by atoms with Crippen molar-refractivity contribution in [1.29, 1.82) is 0 Å². The number of rotatable bonds is 15. The molecule has 0 spiro atoms. The molecule has 0 fully saturated rings. The van der Waals surface area contributed by atoms with Crippen LogP contribution in [0.3, 0.4) is 0 Å². The summed E-state index contributed by atoms with van der Waals surface area (Å²) in [6.45, 7) is 47.2. The van der Waals surface area contributed by atoms with Gasteiger partial charge in [0.1, 0.15) is 35.2 Å². The van der Waals surface area contributed by atoms with Gasteiger partial charge in [-0.05, 0) is 246 Å². The number of fused-ring (bicyclic) bond motifs is 15. The van der Waals surface area contributed by atoms with Crippen molar-refractivity contribution < 1.29 is 55.9 Å². The van der Waals surface area contributed by atoms with Crippen LogP contribution in [0, 0.1) is 69.2 Å². The lowest BCUT2D eigenvalue weighted by molar-refractivity contribution is -0.661. The van der Waals surface area contributed by atoms with Crippen molar-refractivity contribution in [2.45, 2.75) is 247 Å². The minimum absolute atomic E-state index is 0.305. The molecule has 0 radical (unpaired) electrons. The van der Waals surface area contributed by atoms with Gasteiger partial charge < -0.3 is 22.1 Å². The fourth-order valence-electron chi connectivity index (χ4n) is 19.8. The highest BCUT2D eigenvalue weighted by Crippen LogP contribution is 2.45. The number of furan rings is 5. The van der Waals surface area contributed by atoms with Crippen LogP contribution >= 0.6 is 0 Å². The van der Waals surface area contributed by atoms with Gasteiger partial charge in [0.05, 0.1) is 27.8 Å². The number of pyridine rings is 10. The van der Waals surface area contributed by atoms with Crippen LogP contribution < -0.4 is 22.8 Å². The first-order chi connectivity index (χ1) is 68.4. The standard InChI is InChI=1S/2C25H29N2O.3C24H27N2O/c2*1-14(2)20-13-27(7)22(12-17(20)6)23-16(5)8-9-18-19-10-11-21(15(3)4)26-25(19)28-24(18)23;1-7-17-9-11-19-18-10-8-15(4)22(23(18)27-24(19)25-17)21-12-20(14(2)3)16(5)13-26(21)6;2*1-7-17-9-11-19-18-10-8-15(4)22(23(18)27-24(19)25-17)21-12-16(5)20(14(2)3)13-26(21)6/h2*8-15H,1-7H3;3*8-14H,7H2,1-6H3/q5*+1/i1D3,14D;;;2D3,14D;. The van der Waals surface area contributed by atoms with Gasteiger partial charge in [0.2, 0.25) is 57.0 Å². The van der Waals surface area contributed by atoms with E-state index in [1.165, 1.54) is 81.0 Å². The number of hydrogen-bond acceptors (Lipinski definition) is 10. The molecule has 702 valence electrons. The molecule has 5 aromatic carbocycles. The number of aromatic nitrogens is 10. The predicted molar refractivity (Wildman–Crippen MR) is 565 cm³/mol. The molecule has 0 aliphatic heterocycles. The van der Waals surface area contributed by atoms with Crippen LogP contribution in [0.5, 0.6) is 0 Å². The lowest BCUT2D eigenvalue weighted by atomic mass is 9.94. The largest absolute Gasteiger partial charge is 0.437 e. The summed E-state index contributed by atoms with van der Waals surface area (Å²) < 4.78 is 106. The van der Waals surface area contributed by atoms with E-state index in [1.54, 1.807) is 12.4 Å². The molecular weight excluding hydrogens is 1690 g/mol. The normalized spacial score (nSPS) is 13.8. The maximum atomic E-state index is 8.53. The molecule has 0 aliphatic rings.